The van der Waals surface area contributed by atoms with E-state index < -0.39 is 4.92 Å². The number of hydrogen-bond donors (Lipinski definition) is 0. The van der Waals surface area contributed by atoms with E-state index in [4.69, 9.17) is 11.6 Å². The smallest absolute Gasteiger partial charge is 0.289 e. The second kappa shape index (κ2) is 5.30. The van der Waals surface area contributed by atoms with Crippen LogP contribution in [0.5, 0.6) is 0 Å². The van der Waals surface area contributed by atoms with E-state index in [1.165, 1.54) is 12.3 Å². The first kappa shape index (κ1) is 12.8. The highest BCUT2D eigenvalue weighted by atomic mass is 35.5. The Kier molecular flexibility index (Phi) is 3.76. The molecule has 18 heavy (non-hydrogen) atoms. The molecule has 0 amide bonds. The van der Waals surface area contributed by atoms with E-state index in [2.05, 4.69) is 4.98 Å². The summed E-state index contributed by atoms with van der Waals surface area (Å²) in [4.78, 5) is 26.8. The lowest BCUT2D eigenvalue weighted by Gasteiger charge is -2.31. The lowest BCUT2D eigenvalue weighted by molar-refractivity contribution is -0.385. The molecule has 1 saturated heterocycles. The highest BCUT2D eigenvalue weighted by molar-refractivity contribution is 6.33. The number of carbonyl (C=O) groups excluding carboxylic acids is 1. The van der Waals surface area contributed by atoms with Gasteiger partial charge < -0.3 is 9.69 Å². The van der Waals surface area contributed by atoms with Crippen molar-refractivity contribution in [3.8, 4) is 0 Å². The molecule has 0 radical (unpaired) electrons. The van der Waals surface area contributed by atoms with Crippen molar-refractivity contribution in [3.63, 3.8) is 0 Å². The molecule has 96 valence electrons. The van der Waals surface area contributed by atoms with Gasteiger partial charge in [0, 0.05) is 25.1 Å². The van der Waals surface area contributed by atoms with Gasteiger partial charge in [0.05, 0.1) is 9.95 Å². The molecule has 1 atom stereocenters. The maximum atomic E-state index is 10.8. The zero-order valence-corrected chi connectivity index (χ0v) is 10.3. The lowest BCUT2D eigenvalue weighted by Crippen LogP contribution is -2.36. The number of pyridine rings is 1. The lowest BCUT2D eigenvalue weighted by atomic mass is 10.00. The molecule has 0 spiro atoms. The van der Waals surface area contributed by atoms with Crippen molar-refractivity contribution in [1.82, 2.24) is 4.98 Å². The van der Waals surface area contributed by atoms with E-state index in [0.29, 0.717) is 12.4 Å². The second-order valence-corrected chi connectivity index (χ2v) is 4.65. The normalized spacial score (nSPS) is 19.6. The molecular formula is C11H12ClN3O3. The summed E-state index contributed by atoms with van der Waals surface area (Å²) in [5.74, 6) is 0.487. The molecule has 1 unspecified atom stereocenters. The van der Waals surface area contributed by atoms with Crippen LogP contribution in [0.25, 0.3) is 0 Å². The molecular weight excluding hydrogens is 258 g/mol. The van der Waals surface area contributed by atoms with Gasteiger partial charge in [0.25, 0.3) is 5.69 Å². The molecule has 1 fully saturated rings. The maximum absolute atomic E-state index is 10.8. The Morgan fingerprint density at radius 2 is 2.39 bits per heavy atom. The fourth-order valence-corrected chi connectivity index (χ4v) is 2.35. The third-order valence-electron chi connectivity index (χ3n) is 2.97. The number of nitro groups is 1. The van der Waals surface area contributed by atoms with Crippen LogP contribution in [-0.2, 0) is 4.79 Å². The van der Waals surface area contributed by atoms with Crippen LogP contribution in [0.4, 0.5) is 11.5 Å². The Balaban J connectivity index is 2.22. The van der Waals surface area contributed by atoms with Gasteiger partial charge >= 0.3 is 0 Å². The predicted octanol–water partition coefficient (Wildman–Crippen LogP) is 2.06. The molecule has 0 saturated carbocycles. The first-order valence-corrected chi connectivity index (χ1v) is 6.00. The van der Waals surface area contributed by atoms with E-state index in [9.17, 15) is 14.9 Å². The number of nitrogens with zero attached hydrogens (tertiary/aromatic N) is 3. The summed E-state index contributed by atoms with van der Waals surface area (Å²) in [7, 11) is 0. The number of aldehydes is 1. The van der Waals surface area contributed by atoms with Crippen LogP contribution in [0, 0.1) is 16.0 Å². The number of halogens is 1. The molecule has 1 aromatic rings. The molecule has 2 rings (SSSR count). The van der Waals surface area contributed by atoms with Crippen LogP contribution in [0.2, 0.25) is 5.02 Å². The second-order valence-electron chi connectivity index (χ2n) is 4.24. The van der Waals surface area contributed by atoms with Gasteiger partial charge in [0.2, 0.25) is 0 Å². The molecule has 6 nitrogen and oxygen atoms in total. The Morgan fingerprint density at radius 1 is 1.61 bits per heavy atom. The number of piperidine rings is 1. The van der Waals surface area contributed by atoms with Crippen LogP contribution in [0.3, 0.4) is 0 Å². The monoisotopic (exact) mass is 269 g/mol. The fourth-order valence-electron chi connectivity index (χ4n) is 2.07. The number of carbonyl (C=O) groups is 1. The van der Waals surface area contributed by atoms with Gasteiger partial charge in [-0.15, -0.1) is 0 Å². The molecule has 0 aliphatic carbocycles. The zero-order chi connectivity index (χ0) is 13.1. The van der Waals surface area contributed by atoms with Crippen molar-refractivity contribution < 1.29 is 9.72 Å². The minimum Gasteiger partial charge on any atom is -0.355 e. The molecule has 0 aromatic carbocycles. The van der Waals surface area contributed by atoms with Gasteiger partial charge in [-0.1, -0.05) is 11.6 Å². The first-order valence-electron chi connectivity index (χ1n) is 5.62. The van der Waals surface area contributed by atoms with Crippen molar-refractivity contribution in [2.45, 2.75) is 12.8 Å². The molecule has 1 aliphatic rings. The third-order valence-corrected chi connectivity index (χ3v) is 3.25. The van der Waals surface area contributed by atoms with Crippen molar-refractivity contribution in [2.24, 2.45) is 5.92 Å². The topological polar surface area (TPSA) is 76.3 Å². The molecule has 7 heteroatoms. The molecule has 2 heterocycles. The van der Waals surface area contributed by atoms with Gasteiger partial charge in [-0.25, -0.2) is 4.98 Å². The number of rotatable bonds is 3. The van der Waals surface area contributed by atoms with Crippen molar-refractivity contribution >= 4 is 29.4 Å². The maximum Gasteiger partial charge on any atom is 0.289 e. The summed E-state index contributed by atoms with van der Waals surface area (Å²) in [5.41, 5.74) is -0.132. The van der Waals surface area contributed by atoms with E-state index in [0.717, 1.165) is 25.7 Å². The van der Waals surface area contributed by atoms with Crippen LogP contribution < -0.4 is 4.90 Å². The summed E-state index contributed by atoms with van der Waals surface area (Å²) >= 11 is 6.00. The Morgan fingerprint density at radius 3 is 3.00 bits per heavy atom. The first-order chi connectivity index (χ1) is 8.61. The van der Waals surface area contributed by atoms with Crippen molar-refractivity contribution in [1.29, 1.82) is 0 Å². The summed E-state index contributed by atoms with van der Waals surface area (Å²) in [6.45, 7) is 1.32. The number of aromatic nitrogens is 1. The minimum absolute atomic E-state index is 0.0215. The van der Waals surface area contributed by atoms with Gasteiger partial charge in [0.1, 0.15) is 18.3 Å². The molecule has 0 bridgehead atoms. The average Bonchev–Trinajstić information content (AvgIpc) is 2.38. The molecule has 1 aromatic heterocycles. The SMILES string of the molecule is O=CC1CCCN(c2ncc([N+](=O)[O-])cc2Cl)C1. The largest absolute Gasteiger partial charge is 0.355 e. The van der Waals surface area contributed by atoms with E-state index in [1.807, 2.05) is 4.90 Å². The zero-order valence-electron chi connectivity index (χ0n) is 9.58. The van der Waals surface area contributed by atoms with Gasteiger partial charge in [-0.2, -0.15) is 0 Å². The number of hydrogen-bond acceptors (Lipinski definition) is 5. The standard InChI is InChI=1S/C11H12ClN3O3/c12-10-4-9(15(17)18)5-13-11(10)14-3-1-2-8(6-14)7-16/h4-5,7-8H,1-3,6H2. The van der Waals surface area contributed by atoms with Crippen LogP contribution >= 0.6 is 11.6 Å². The molecule has 0 N–H and O–H groups in total. The Bertz CT molecular complexity index is 481. The third kappa shape index (κ3) is 2.59. The van der Waals surface area contributed by atoms with Crippen LogP contribution in [0.15, 0.2) is 12.3 Å². The van der Waals surface area contributed by atoms with Gasteiger partial charge in [0.15, 0.2) is 0 Å². The predicted molar refractivity (Wildman–Crippen MR) is 66.9 cm³/mol. The van der Waals surface area contributed by atoms with Crippen molar-refractivity contribution in [2.75, 3.05) is 18.0 Å². The summed E-state index contributed by atoms with van der Waals surface area (Å²) in [6.07, 6.45) is 3.88. The van der Waals surface area contributed by atoms with Crippen LogP contribution in [-0.4, -0.2) is 29.3 Å². The van der Waals surface area contributed by atoms with Crippen molar-refractivity contribution in [3.05, 3.63) is 27.4 Å². The van der Waals surface area contributed by atoms with Gasteiger partial charge in [-0.3, -0.25) is 10.1 Å². The summed E-state index contributed by atoms with van der Waals surface area (Å²) < 4.78 is 0. The van der Waals surface area contributed by atoms with E-state index in [-0.39, 0.29) is 16.6 Å². The van der Waals surface area contributed by atoms with Crippen LogP contribution in [0.1, 0.15) is 12.8 Å². The highest BCUT2D eigenvalue weighted by Gasteiger charge is 2.23. The highest BCUT2D eigenvalue weighted by Crippen LogP contribution is 2.29. The quantitative estimate of drug-likeness (QED) is 0.477. The fraction of sp³-hybridized carbons (Fsp3) is 0.455. The minimum atomic E-state index is -0.535. The average molecular weight is 270 g/mol. The number of anilines is 1. The van der Waals surface area contributed by atoms with E-state index in [1.54, 1.807) is 0 Å². The Hall–Kier alpha value is -1.69. The van der Waals surface area contributed by atoms with E-state index >= 15 is 0 Å². The summed E-state index contributed by atoms with van der Waals surface area (Å²) in [6, 6.07) is 1.29. The Labute approximate surface area is 109 Å². The summed E-state index contributed by atoms with van der Waals surface area (Å²) in [5, 5.41) is 10.8. The van der Waals surface area contributed by atoms with Gasteiger partial charge in [-0.05, 0) is 12.8 Å². The molecule has 1 aliphatic heterocycles.